The predicted octanol–water partition coefficient (Wildman–Crippen LogP) is 3.20. The van der Waals surface area contributed by atoms with Crippen LogP contribution >= 0.6 is 0 Å². The minimum atomic E-state index is -3.58. The Kier molecular flexibility index (Phi) is 6.65. The van der Waals surface area contributed by atoms with Crippen LogP contribution < -0.4 is 0 Å². The number of non-ortho nitro benzene ring substituents is 1. The van der Waals surface area contributed by atoms with Gasteiger partial charge >= 0.3 is 0 Å². The first-order valence-corrected chi connectivity index (χ1v) is 8.21. The van der Waals surface area contributed by atoms with Gasteiger partial charge in [0.15, 0.2) is 15.6 Å². The van der Waals surface area contributed by atoms with E-state index in [0.717, 1.165) is 24.0 Å². The maximum Gasteiger partial charge on any atom is 0.269 e. The number of sulfone groups is 1. The number of benzene rings is 1. The molecule has 0 heterocycles. The summed E-state index contributed by atoms with van der Waals surface area (Å²) in [5.41, 5.74) is -0.153. The Labute approximate surface area is 129 Å². The minimum absolute atomic E-state index is 0.0173. The van der Waals surface area contributed by atoms with Crippen molar-refractivity contribution in [2.75, 3.05) is 0 Å². The second kappa shape index (κ2) is 8.23. The third-order valence-corrected chi connectivity index (χ3v) is 4.23. The fourth-order valence-corrected chi connectivity index (χ4v) is 2.70. The molecule has 0 bridgehead atoms. The van der Waals surface area contributed by atoms with Crippen molar-refractivity contribution in [3.63, 3.8) is 0 Å². The van der Waals surface area contributed by atoms with Crippen LogP contribution in [-0.4, -0.2) is 19.1 Å². The highest BCUT2D eigenvalue weighted by atomic mass is 32.2. The number of carbonyl (C=O) groups is 1. The molecule has 0 amide bonds. The zero-order valence-electron chi connectivity index (χ0n) is 12.1. The maximum atomic E-state index is 12.0. The second-order valence-corrected chi connectivity index (χ2v) is 6.45. The van der Waals surface area contributed by atoms with Gasteiger partial charge in [0, 0.05) is 17.5 Å². The molecule has 0 unspecified atom stereocenters. The van der Waals surface area contributed by atoms with Gasteiger partial charge in [0.05, 0.1) is 9.82 Å². The number of hydrogen-bond acceptors (Lipinski definition) is 5. The van der Waals surface area contributed by atoms with Gasteiger partial charge in [0.1, 0.15) is 0 Å². The molecule has 0 N–H and O–H groups in total. The van der Waals surface area contributed by atoms with Crippen LogP contribution in [0, 0.1) is 10.1 Å². The Morgan fingerprint density at radius 2 is 1.77 bits per heavy atom. The van der Waals surface area contributed by atoms with Gasteiger partial charge in [-0.3, -0.25) is 14.9 Å². The van der Waals surface area contributed by atoms with Crippen LogP contribution in [0.2, 0.25) is 0 Å². The Morgan fingerprint density at radius 1 is 1.18 bits per heavy atom. The molecule has 6 nitrogen and oxygen atoms in total. The third kappa shape index (κ3) is 6.01. The van der Waals surface area contributed by atoms with Crippen molar-refractivity contribution in [2.45, 2.75) is 31.1 Å². The average molecular weight is 323 g/mol. The molecule has 0 spiro atoms. The second-order valence-electron chi connectivity index (χ2n) is 4.61. The molecule has 0 aliphatic rings. The normalized spacial score (nSPS) is 12.0. The summed E-state index contributed by atoms with van der Waals surface area (Å²) in [6.45, 7) is 1.47. The number of allylic oxidation sites excluding steroid dienone is 3. The fourth-order valence-electron chi connectivity index (χ4n) is 1.63. The monoisotopic (exact) mass is 323 g/mol. The van der Waals surface area contributed by atoms with Gasteiger partial charge in [0.2, 0.25) is 0 Å². The molecule has 1 rings (SSSR count). The van der Waals surface area contributed by atoms with E-state index in [1.54, 1.807) is 12.2 Å². The zero-order chi connectivity index (χ0) is 16.6. The van der Waals surface area contributed by atoms with E-state index in [9.17, 15) is 23.3 Å². The Morgan fingerprint density at radius 3 is 2.32 bits per heavy atom. The average Bonchev–Trinajstić information content (AvgIpc) is 2.46. The van der Waals surface area contributed by atoms with E-state index in [0.29, 0.717) is 12.8 Å². The summed E-state index contributed by atoms with van der Waals surface area (Å²) in [4.78, 5) is 20.6. The van der Waals surface area contributed by atoms with Gasteiger partial charge in [-0.05, 0) is 44.4 Å². The van der Waals surface area contributed by atoms with Gasteiger partial charge in [0.25, 0.3) is 5.69 Å². The summed E-state index contributed by atoms with van der Waals surface area (Å²) >= 11 is 0. The standard InChI is InChI=1S/C15H17NO5S/c1-13(17)7-5-3-2-4-6-12-22(20,21)15-10-8-14(9-11-15)16(18)19/h5-12H,2-4H2,1H3/b7-5+,12-6+. The molecular weight excluding hydrogens is 306 g/mol. The maximum absolute atomic E-state index is 12.0. The van der Waals surface area contributed by atoms with Crippen molar-refractivity contribution in [1.82, 2.24) is 0 Å². The van der Waals surface area contributed by atoms with Crippen molar-refractivity contribution >= 4 is 21.3 Å². The number of ketones is 1. The summed E-state index contributed by atoms with van der Waals surface area (Å²) in [6, 6.07) is 4.75. The summed E-state index contributed by atoms with van der Waals surface area (Å²) in [7, 11) is -3.58. The van der Waals surface area contributed by atoms with Crippen molar-refractivity contribution in [1.29, 1.82) is 0 Å². The van der Waals surface area contributed by atoms with E-state index < -0.39 is 14.8 Å². The zero-order valence-corrected chi connectivity index (χ0v) is 13.0. The SMILES string of the molecule is CC(=O)/C=C/CCC/C=C/S(=O)(=O)c1ccc([N+](=O)[O-])cc1. The number of hydrogen-bond donors (Lipinski definition) is 0. The number of nitro benzene ring substituents is 1. The Bertz CT molecular complexity index is 687. The van der Waals surface area contributed by atoms with E-state index >= 15 is 0 Å². The lowest BCUT2D eigenvalue weighted by molar-refractivity contribution is -0.384. The van der Waals surface area contributed by atoms with E-state index in [1.807, 2.05) is 0 Å². The summed E-state index contributed by atoms with van der Waals surface area (Å²) in [5, 5.41) is 11.6. The number of unbranched alkanes of at least 4 members (excludes halogenated alkanes) is 2. The molecular formula is C15H17NO5S. The lowest BCUT2D eigenvalue weighted by Crippen LogP contribution is -1.96. The molecule has 0 aromatic heterocycles. The van der Waals surface area contributed by atoms with Crippen molar-refractivity contribution in [2.24, 2.45) is 0 Å². The highest BCUT2D eigenvalue weighted by molar-refractivity contribution is 7.94. The first-order valence-electron chi connectivity index (χ1n) is 6.66. The van der Waals surface area contributed by atoms with E-state index in [1.165, 1.54) is 25.1 Å². The van der Waals surface area contributed by atoms with Gasteiger partial charge in [-0.25, -0.2) is 8.42 Å². The highest BCUT2D eigenvalue weighted by Gasteiger charge is 2.12. The number of rotatable bonds is 8. The van der Waals surface area contributed by atoms with Crippen molar-refractivity contribution in [3.05, 3.63) is 58.0 Å². The fraction of sp³-hybridized carbons (Fsp3) is 0.267. The van der Waals surface area contributed by atoms with Gasteiger partial charge in [-0.1, -0.05) is 12.2 Å². The molecule has 0 saturated heterocycles. The smallest absolute Gasteiger partial charge is 0.269 e. The largest absolute Gasteiger partial charge is 0.295 e. The summed E-state index contributed by atoms with van der Waals surface area (Å²) < 4.78 is 24.0. The van der Waals surface area contributed by atoms with Crippen LogP contribution in [0.3, 0.4) is 0 Å². The molecule has 7 heteroatoms. The van der Waals surface area contributed by atoms with Crippen LogP contribution in [0.5, 0.6) is 0 Å². The predicted molar refractivity (Wildman–Crippen MR) is 83.1 cm³/mol. The molecule has 0 aliphatic carbocycles. The van der Waals surface area contributed by atoms with Crippen LogP contribution in [0.4, 0.5) is 5.69 Å². The molecule has 0 atom stereocenters. The number of nitrogens with zero attached hydrogens (tertiary/aromatic N) is 1. The lowest BCUT2D eigenvalue weighted by atomic mass is 10.2. The molecule has 0 radical (unpaired) electrons. The van der Waals surface area contributed by atoms with Crippen molar-refractivity contribution in [3.8, 4) is 0 Å². The van der Waals surface area contributed by atoms with Crippen LogP contribution in [0.1, 0.15) is 26.2 Å². The molecule has 1 aromatic carbocycles. The summed E-state index contributed by atoms with van der Waals surface area (Å²) in [5.74, 6) is -0.0173. The van der Waals surface area contributed by atoms with Crippen LogP contribution in [0.15, 0.2) is 52.8 Å². The van der Waals surface area contributed by atoms with E-state index in [4.69, 9.17) is 0 Å². The third-order valence-electron chi connectivity index (χ3n) is 2.75. The van der Waals surface area contributed by atoms with E-state index in [2.05, 4.69) is 0 Å². The molecule has 1 aromatic rings. The molecule has 22 heavy (non-hydrogen) atoms. The number of nitro groups is 1. The van der Waals surface area contributed by atoms with Crippen LogP contribution in [0.25, 0.3) is 0 Å². The van der Waals surface area contributed by atoms with Gasteiger partial charge < -0.3 is 0 Å². The molecule has 0 fully saturated rings. The highest BCUT2D eigenvalue weighted by Crippen LogP contribution is 2.17. The lowest BCUT2D eigenvalue weighted by Gasteiger charge is -1.98. The topological polar surface area (TPSA) is 94.3 Å². The first-order chi connectivity index (χ1) is 10.3. The Balaban J connectivity index is 2.57. The minimum Gasteiger partial charge on any atom is -0.295 e. The van der Waals surface area contributed by atoms with Gasteiger partial charge in [-0.2, -0.15) is 0 Å². The quantitative estimate of drug-likeness (QED) is 0.317. The Hall–Kier alpha value is -2.28. The van der Waals surface area contributed by atoms with Crippen molar-refractivity contribution < 1.29 is 18.1 Å². The first kappa shape index (κ1) is 17.8. The molecule has 0 aliphatic heterocycles. The molecule has 118 valence electrons. The molecule has 0 saturated carbocycles. The summed E-state index contributed by atoms with van der Waals surface area (Å²) in [6.07, 6.45) is 6.77. The van der Waals surface area contributed by atoms with Gasteiger partial charge in [-0.15, -0.1) is 0 Å². The van der Waals surface area contributed by atoms with Crippen LogP contribution in [-0.2, 0) is 14.6 Å². The van der Waals surface area contributed by atoms with E-state index in [-0.39, 0.29) is 16.4 Å². The number of carbonyl (C=O) groups excluding carboxylic acids is 1.